The van der Waals surface area contributed by atoms with Gasteiger partial charge in [0, 0.05) is 31.1 Å². The number of aromatic nitrogens is 3. The first-order chi connectivity index (χ1) is 12.2. The Hall–Kier alpha value is -2.34. The van der Waals surface area contributed by atoms with Gasteiger partial charge in [0.25, 0.3) is 5.91 Å². The van der Waals surface area contributed by atoms with E-state index < -0.39 is 16.5 Å². The van der Waals surface area contributed by atoms with Crippen molar-refractivity contribution in [3.8, 4) is 0 Å². The molecule has 0 radical (unpaired) electrons. The minimum absolute atomic E-state index is 0.0819. The molecule has 0 spiro atoms. The van der Waals surface area contributed by atoms with Crippen LogP contribution in [0.1, 0.15) is 16.9 Å². The fourth-order valence-corrected chi connectivity index (χ4v) is 4.56. The van der Waals surface area contributed by atoms with Crippen molar-refractivity contribution in [1.82, 2.24) is 14.8 Å². The number of aryl methyl sites for hydroxylation is 1. The molecule has 1 aliphatic heterocycles. The molecule has 0 saturated carbocycles. The van der Waals surface area contributed by atoms with E-state index in [1.54, 1.807) is 30.1 Å². The van der Waals surface area contributed by atoms with Crippen molar-refractivity contribution in [3.05, 3.63) is 30.2 Å². The van der Waals surface area contributed by atoms with Crippen molar-refractivity contribution in [3.63, 3.8) is 0 Å². The van der Waals surface area contributed by atoms with Gasteiger partial charge in [0.05, 0.1) is 29.4 Å². The number of nitrogens with one attached hydrogen (secondary N) is 2. The number of hydrogen-bond donors (Lipinski definition) is 6. The van der Waals surface area contributed by atoms with Crippen LogP contribution in [0, 0.1) is 0 Å². The number of carbonyl (C=O) groups is 1. The van der Waals surface area contributed by atoms with Gasteiger partial charge in [-0.2, -0.15) is 15.7 Å². The third-order valence-electron chi connectivity index (χ3n) is 4.19. The lowest BCUT2D eigenvalue weighted by Crippen LogP contribution is -2.48. The summed E-state index contributed by atoms with van der Waals surface area (Å²) >= 11 is 0. The van der Waals surface area contributed by atoms with Crippen LogP contribution in [0.4, 0.5) is 17.2 Å². The Morgan fingerprint density at radius 1 is 1.46 bits per heavy atom. The van der Waals surface area contributed by atoms with Crippen LogP contribution in [0.2, 0.25) is 0 Å². The van der Waals surface area contributed by atoms with Crippen molar-refractivity contribution >= 4 is 33.7 Å². The van der Waals surface area contributed by atoms with E-state index in [0.29, 0.717) is 29.4 Å². The monoisotopic (exact) mass is 381 g/mol. The molecule has 3 rings (SSSR count). The van der Waals surface area contributed by atoms with Crippen molar-refractivity contribution in [2.24, 2.45) is 18.5 Å². The minimum atomic E-state index is -2.63. The van der Waals surface area contributed by atoms with E-state index in [0.717, 1.165) is 0 Å². The van der Waals surface area contributed by atoms with Gasteiger partial charge in [-0.1, -0.05) is 0 Å². The fourth-order valence-electron chi connectivity index (χ4n) is 2.84. The Bertz CT molecular complexity index is 810. The molecule has 1 saturated heterocycles. The number of carbonyl (C=O) groups excluding carboxylic acids is 1. The van der Waals surface area contributed by atoms with E-state index in [4.69, 9.17) is 11.5 Å². The van der Waals surface area contributed by atoms with Crippen LogP contribution < -0.4 is 22.1 Å². The number of hydrogen-bond acceptors (Lipinski definition) is 8. The van der Waals surface area contributed by atoms with Gasteiger partial charge in [-0.15, -0.1) is 0 Å². The van der Waals surface area contributed by atoms with Gasteiger partial charge in [-0.05, 0) is 12.5 Å². The first-order valence-corrected chi connectivity index (χ1v) is 9.94. The number of nitrogens with zero attached hydrogens (tertiary/aromatic N) is 3. The van der Waals surface area contributed by atoms with Crippen LogP contribution in [-0.2, 0) is 7.05 Å². The van der Waals surface area contributed by atoms with E-state index in [1.807, 2.05) is 0 Å². The van der Waals surface area contributed by atoms with Gasteiger partial charge in [0.15, 0.2) is 11.5 Å². The number of amides is 1. The molecule has 1 amide bonds. The lowest BCUT2D eigenvalue weighted by Gasteiger charge is -2.43. The topological polar surface area (TPSA) is 164 Å². The first kappa shape index (κ1) is 18.5. The average molecular weight is 381 g/mol. The van der Waals surface area contributed by atoms with Crippen LogP contribution in [-0.4, -0.2) is 53.4 Å². The molecule has 0 bridgehead atoms. The van der Waals surface area contributed by atoms with E-state index in [1.165, 1.54) is 6.20 Å². The highest BCUT2D eigenvalue weighted by atomic mass is 32.3. The number of rotatable bonds is 5. The number of anilines is 3. The summed E-state index contributed by atoms with van der Waals surface area (Å²) in [6.07, 6.45) is 3.75. The van der Waals surface area contributed by atoms with E-state index in [2.05, 4.69) is 20.7 Å². The van der Waals surface area contributed by atoms with Gasteiger partial charge < -0.3 is 22.1 Å². The SMILES string of the molecule is Cn1ccc(Nc2cc(N[C@@H]3CS(O)(O)CC[C@@H]3N)cnc2C(N)=O)n1. The molecule has 2 atom stereocenters. The predicted molar refractivity (Wildman–Crippen MR) is 102 cm³/mol. The van der Waals surface area contributed by atoms with Crippen molar-refractivity contribution < 1.29 is 13.9 Å². The Balaban J connectivity index is 1.84. The van der Waals surface area contributed by atoms with Crippen LogP contribution in [0.3, 0.4) is 0 Å². The lowest BCUT2D eigenvalue weighted by atomic mass is 10.1. The molecule has 1 fully saturated rings. The van der Waals surface area contributed by atoms with E-state index in [9.17, 15) is 13.9 Å². The molecular weight excluding hydrogens is 358 g/mol. The van der Waals surface area contributed by atoms with Crippen LogP contribution in [0.5, 0.6) is 0 Å². The maximum absolute atomic E-state index is 11.6. The molecule has 3 heterocycles. The highest BCUT2D eigenvalue weighted by Crippen LogP contribution is 2.44. The highest BCUT2D eigenvalue weighted by Gasteiger charge is 2.31. The normalized spacial score (nSPS) is 23.2. The molecule has 11 heteroatoms. The van der Waals surface area contributed by atoms with Crippen LogP contribution in [0.15, 0.2) is 24.5 Å². The van der Waals surface area contributed by atoms with Gasteiger partial charge in [0.1, 0.15) is 0 Å². The Kier molecular flexibility index (Phi) is 5.05. The van der Waals surface area contributed by atoms with Crippen molar-refractivity contribution in [2.75, 3.05) is 22.1 Å². The Morgan fingerprint density at radius 3 is 2.88 bits per heavy atom. The maximum atomic E-state index is 11.6. The molecule has 2 aromatic rings. The second kappa shape index (κ2) is 7.11. The fraction of sp³-hybridized carbons (Fsp3) is 0.400. The largest absolute Gasteiger partial charge is 0.378 e. The number of nitrogens with two attached hydrogens (primary N) is 2. The third kappa shape index (κ3) is 4.25. The summed E-state index contributed by atoms with van der Waals surface area (Å²) in [6, 6.07) is 2.90. The summed E-state index contributed by atoms with van der Waals surface area (Å²) in [6.45, 7) is 0. The molecule has 8 N–H and O–H groups in total. The molecular formula is C15H23N7O3S. The Morgan fingerprint density at radius 2 is 2.23 bits per heavy atom. The maximum Gasteiger partial charge on any atom is 0.269 e. The average Bonchev–Trinajstić information content (AvgIpc) is 2.96. The first-order valence-electron chi connectivity index (χ1n) is 8.06. The molecule has 142 valence electrons. The van der Waals surface area contributed by atoms with E-state index in [-0.39, 0.29) is 23.5 Å². The molecule has 0 unspecified atom stereocenters. The quantitative estimate of drug-likeness (QED) is 0.445. The minimum Gasteiger partial charge on any atom is -0.378 e. The number of primary amides is 1. The summed E-state index contributed by atoms with van der Waals surface area (Å²) in [7, 11) is -0.851. The Labute approximate surface area is 152 Å². The van der Waals surface area contributed by atoms with Crippen molar-refractivity contribution in [1.29, 1.82) is 0 Å². The zero-order valence-electron chi connectivity index (χ0n) is 14.3. The van der Waals surface area contributed by atoms with Gasteiger partial charge in [0.2, 0.25) is 0 Å². The summed E-state index contributed by atoms with van der Waals surface area (Å²) in [5.74, 6) is 0.364. The van der Waals surface area contributed by atoms with Gasteiger partial charge >= 0.3 is 0 Å². The van der Waals surface area contributed by atoms with E-state index >= 15 is 0 Å². The molecule has 0 aromatic carbocycles. The third-order valence-corrected chi connectivity index (χ3v) is 5.97. The van der Waals surface area contributed by atoms with Crippen LogP contribution in [0.25, 0.3) is 0 Å². The number of pyridine rings is 1. The lowest BCUT2D eigenvalue weighted by molar-refractivity contribution is 0.0996. The summed E-state index contributed by atoms with van der Waals surface area (Å²) in [5, 5.41) is 10.4. The highest BCUT2D eigenvalue weighted by molar-refractivity contribution is 8.24. The van der Waals surface area contributed by atoms with Gasteiger partial charge in [-0.25, -0.2) is 4.98 Å². The van der Waals surface area contributed by atoms with Crippen molar-refractivity contribution in [2.45, 2.75) is 18.5 Å². The molecule has 2 aromatic heterocycles. The van der Waals surface area contributed by atoms with Crippen LogP contribution >= 0.6 is 10.6 Å². The molecule has 10 nitrogen and oxygen atoms in total. The standard InChI is InChI=1S/C15H23N7O3S/c1-22-4-2-13(21-22)20-11-6-9(7-18-14(11)15(17)23)19-12-8-26(24,25)5-3-10(12)16/h2,4,6-7,10,12,19,24-25H,3,5,8,16H2,1H3,(H2,17,23)(H,20,21)/t10-,12+/m0/s1. The smallest absolute Gasteiger partial charge is 0.269 e. The summed E-state index contributed by atoms with van der Waals surface area (Å²) in [5.41, 5.74) is 12.6. The molecule has 1 aliphatic rings. The summed E-state index contributed by atoms with van der Waals surface area (Å²) < 4.78 is 21.5. The predicted octanol–water partition coefficient (Wildman–Crippen LogP) is 0.920. The summed E-state index contributed by atoms with van der Waals surface area (Å²) in [4.78, 5) is 15.8. The molecule has 26 heavy (non-hydrogen) atoms. The second-order valence-corrected chi connectivity index (χ2v) is 8.71. The zero-order valence-corrected chi connectivity index (χ0v) is 15.1. The molecule has 0 aliphatic carbocycles. The van der Waals surface area contributed by atoms with Gasteiger partial charge in [-0.3, -0.25) is 18.6 Å². The zero-order chi connectivity index (χ0) is 18.9. The second-order valence-electron chi connectivity index (χ2n) is 6.36.